The number of methoxy groups -OCH3 is 1. The maximum Gasteiger partial charge on any atom is 0.266 e. The van der Waals surface area contributed by atoms with E-state index in [-0.39, 0.29) is 5.57 Å². The molecule has 0 aliphatic carbocycles. The van der Waals surface area contributed by atoms with Crippen LogP contribution in [-0.4, -0.2) is 26.1 Å². The Kier molecular flexibility index (Phi) is 6.81. The molecular formula is C21H23N3O2. The predicted octanol–water partition coefficient (Wildman–Crippen LogP) is 4.09. The van der Waals surface area contributed by atoms with Gasteiger partial charge in [-0.2, -0.15) is 5.26 Å². The zero-order chi connectivity index (χ0) is 18.9. The summed E-state index contributed by atoms with van der Waals surface area (Å²) in [6.45, 7) is 5.95. The van der Waals surface area contributed by atoms with Crippen LogP contribution in [0.25, 0.3) is 6.08 Å². The number of para-hydroxylation sites is 1. The van der Waals surface area contributed by atoms with Gasteiger partial charge in [0.05, 0.1) is 7.11 Å². The fourth-order valence-electron chi connectivity index (χ4n) is 2.63. The normalized spacial score (nSPS) is 10.8. The average Bonchev–Trinajstić information content (AvgIpc) is 2.68. The molecule has 0 fully saturated rings. The minimum atomic E-state index is -0.450. The molecule has 0 aliphatic rings. The molecule has 2 rings (SSSR count). The molecule has 0 aromatic heterocycles. The Bertz CT molecular complexity index is 819. The van der Waals surface area contributed by atoms with E-state index in [1.807, 2.05) is 42.5 Å². The number of amides is 1. The molecule has 0 spiro atoms. The molecule has 0 unspecified atom stereocenters. The quantitative estimate of drug-likeness (QED) is 0.604. The summed E-state index contributed by atoms with van der Waals surface area (Å²) in [5, 5.41) is 12.1. The second kappa shape index (κ2) is 9.28. The van der Waals surface area contributed by atoms with Gasteiger partial charge in [0.15, 0.2) is 0 Å². The largest absolute Gasteiger partial charge is 0.496 e. The molecule has 0 bridgehead atoms. The van der Waals surface area contributed by atoms with E-state index in [2.05, 4.69) is 24.1 Å². The van der Waals surface area contributed by atoms with Crippen molar-refractivity contribution in [3.05, 3.63) is 59.7 Å². The van der Waals surface area contributed by atoms with E-state index < -0.39 is 5.91 Å². The molecule has 0 atom stereocenters. The van der Waals surface area contributed by atoms with Gasteiger partial charge < -0.3 is 15.0 Å². The Morgan fingerprint density at radius 3 is 2.46 bits per heavy atom. The summed E-state index contributed by atoms with van der Waals surface area (Å²) in [7, 11) is 1.58. The van der Waals surface area contributed by atoms with Crippen molar-refractivity contribution in [1.82, 2.24) is 0 Å². The van der Waals surface area contributed by atoms with Gasteiger partial charge in [0.1, 0.15) is 17.4 Å². The number of benzene rings is 2. The molecule has 1 N–H and O–H groups in total. The van der Waals surface area contributed by atoms with Crippen LogP contribution >= 0.6 is 0 Å². The van der Waals surface area contributed by atoms with Gasteiger partial charge >= 0.3 is 0 Å². The molecule has 1 amide bonds. The maximum absolute atomic E-state index is 12.4. The summed E-state index contributed by atoms with van der Waals surface area (Å²) in [6.07, 6.45) is 1.54. The first kappa shape index (κ1) is 19.1. The van der Waals surface area contributed by atoms with E-state index in [9.17, 15) is 10.1 Å². The third-order valence-corrected chi connectivity index (χ3v) is 4.04. The van der Waals surface area contributed by atoms with Crippen molar-refractivity contribution in [3.63, 3.8) is 0 Å². The first-order valence-electron chi connectivity index (χ1n) is 8.54. The summed E-state index contributed by atoms with van der Waals surface area (Å²) in [4.78, 5) is 14.6. The van der Waals surface area contributed by atoms with Gasteiger partial charge in [-0.3, -0.25) is 4.79 Å². The number of ether oxygens (including phenoxy) is 1. The number of anilines is 2. The molecule has 0 saturated heterocycles. The number of hydrogen-bond acceptors (Lipinski definition) is 4. The second-order valence-electron chi connectivity index (χ2n) is 5.59. The van der Waals surface area contributed by atoms with Crippen LogP contribution in [0.1, 0.15) is 19.4 Å². The standard InChI is InChI=1S/C21H23N3O2/c1-4-24(5-2)19-12-11-16(20(14-19)26-3)13-17(15-22)21(25)23-18-9-7-6-8-10-18/h6-14H,4-5H2,1-3H3,(H,23,25)/b17-13-. The van der Waals surface area contributed by atoms with Gasteiger partial charge in [-0.05, 0) is 44.2 Å². The van der Waals surface area contributed by atoms with Crippen LogP contribution in [0.5, 0.6) is 5.75 Å². The highest BCUT2D eigenvalue weighted by atomic mass is 16.5. The first-order valence-corrected chi connectivity index (χ1v) is 8.54. The lowest BCUT2D eigenvalue weighted by Gasteiger charge is -2.22. The van der Waals surface area contributed by atoms with Crippen molar-refractivity contribution < 1.29 is 9.53 Å². The first-order chi connectivity index (χ1) is 12.6. The van der Waals surface area contributed by atoms with Crippen LogP contribution in [0.15, 0.2) is 54.1 Å². The second-order valence-corrected chi connectivity index (χ2v) is 5.59. The molecule has 0 heterocycles. The van der Waals surface area contributed by atoms with Gasteiger partial charge in [-0.1, -0.05) is 18.2 Å². The maximum atomic E-state index is 12.4. The van der Waals surface area contributed by atoms with Crippen molar-refractivity contribution in [2.45, 2.75) is 13.8 Å². The summed E-state index contributed by atoms with van der Waals surface area (Å²) < 4.78 is 5.46. The molecule has 0 radical (unpaired) electrons. The highest BCUT2D eigenvalue weighted by Crippen LogP contribution is 2.27. The third-order valence-electron chi connectivity index (χ3n) is 4.04. The summed E-state index contributed by atoms with van der Waals surface area (Å²) >= 11 is 0. The molecule has 2 aromatic carbocycles. The number of hydrogen-bond donors (Lipinski definition) is 1. The van der Waals surface area contributed by atoms with Gasteiger partial charge in [0.2, 0.25) is 0 Å². The Morgan fingerprint density at radius 1 is 1.19 bits per heavy atom. The fraction of sp³-hybridized carbons (Fsp3) is 0.238. The summed E-state index contributed by atoms with van der Waals surface area (Å²) in [5.74, 6) is 0.170. The Hall–Kier alpha value is -3.26. The topological polar surface area (TPSA) is 65.4 Å². The molecular weight excluding hydrogens is 326 g/mol. The van der Waals surface area contributed by atoms with Gasteiger partial charge in [-0.25, -0.2) is 0 Å². The van der Waals surface area contributed by atoms with Crippen LogP contribution in [0, 0.1) is 11.3 Å². The van der Waals surface area contributed by atoms with E-state index in [1.54, 1.807) is 25.3 Å². The summed E-state index contributed by atoms with van der Waals surface area (Å²) in [6, 6.07) is 16.7. The third kappa shape index (κ3) is 4.64. The van der Waals surface area contributed by atoms with E-state index in [0.29, 0.717) is 17.0 Å². The number of nitrogens with zero attached hydrogens (tertiary/aromatic N) is 2. The highest BCUT2D eigenvalue weighted by molar-refractivity contribution is 6.09. The molecule has 0 saturated carbocycles. The Labute approximate surface area is 154 Å². The van der Waals surface area contributed by atoms with Crippen molar-refractivity contribution in [2.75, 3.05) is 30.4 Å². The molecule has 26 heavy (non-hydrogen) atoms. The van der Waals surface area contributed by atoms with Crippen LogP contribution in [0.4, 0.5) is 11.4 Å². The lowest BCUT2D eigenvalue weighted by Crippen LogP contribution is -2.21. The number of rotatable bonds is 7. The monoisotopic (exact) mass is 349 g/mol. The van der Waals surface area contributed by atoms with E-state index in [4.69, 9.17) is 4.74 Å². The van der Waals surface area contributed by atoms with Crippen molar-refractivity contribution in [1.29, 1.82) is 5.26 Å². The number of carbonyl (C=O) groups is 1. The van der Waals surface area contributed by atoms with Crippen LogP contribution in [-0.2, 0) is 4.79 Å². The number of carbonyl (C=O) groups excluding carboxylic acids is 1. The lowest BCUT2D eigenvalue weighted by molar-refractivity contribution is -0.112. The van der Waals surface area contributed by atoms with Crippen LogP contribution in [0.2, 0.25) is 0 Å². The minimum absolute atomic E-state index is 0.0164. The molecule has 134 valence electrons. The molecule has 5 nitrogen and oxygen atoms in total. The Morgan fingerprint density at radius 2 is 1.88 bits per heavy atom. The van der Waals surface area contributed by atoms with Gasteiger partial charge in [-0.15, -0.1) is 0 Å². The minimum Gasteiger partial charge on any atom is -0.496 e. The van der Waals surface area contributed by atoms with E-state index in [1.165, 1.54) is 0 Å². The average molecular weight is 349 g/mol. The van der Waals surface area contributed by atoms with Gasteiger partial charge in [0.25, 0.3) is 5.91 Å². The SMILES string of the molecule is CCN(CC)c1ccc(/C=C(/C#N)C(=O)Nc2ccccc2)c(OC)c1. The molecule has 0 aliphatic heterocycles. The predicted molar refractivity (Wildman–Crippen MR) is 105 cm³/mol. The summed E-state index contributed by atoms with van der Waals surface area (Å²) in [5.41, 5.74) is 2.38. The number of nitrogens with one attached hydrogen (secondary N) is 1. The van der Waals surface area contributed by atoms with E-state index in [0.717, 1.165) is 18.8 Å². The fourth-order valence-corrected chi connectivity index (χ4v) is 2.63. The Balaban J connectivity index is 2.30. The van der Waals surface area contributed by atoms with Crippen LogP contribution < -0.4 is 15.0 Å². The van der Waals surface area contributed by atoms with Crippen molar-refractivity contribution >= 4 is 23.4 Å². The molecule has 2 aromatic rings. The molecule has 5 heteroatoms. The zero-order valence-corrected chi connectivity index (χ0v) is 15.3. The smallest absolute Gasteiger partial charge is 0.266 e. The van der Waals surface area contributed by atoms with Crippen molar-refractivity contribution in [2.24, 2.45) is 0 Å². The van der Waals surface area contributed by atoms with E-state index >= 15 is 0 Å². The highest BCUT2D eigenvalue weighted by Gasteiger charge is 2.12. The van der Waals surface area contributed by atoms with Crippen molar-refractivity contribution in [3.8, 4) is 11.8 Å². The number of nitriles is 1. The van der Waals surface area contributed by atoms with Gasteiger partial charge in [0, 0.05) is 36.1 Å². The van der Waals surface area contributed by atoms with Crippen LogP contribution in [0.3, 0.4) is 0 Å². The zero-order valence-electron chi connectivity index (χ0n) is 15.3. The lowest BCUT2D eigenvalue weighted by atomic mass is 10.1.